The zero-order valence-corrected chi connectivity index (χ0v) is 22.8. The number of imide groups is 4. The SMILES string of the molecule is O=C1c2ccccc2C(=O)N1C(N1C(=O)c2ccccc2C1=O)(N1C(=O)c2ccccc2C1=O)N1C(=O)c2ccccc2C1=O. The molecular formula is C33H16N4O8. The Morgan fingerprint density at radius 3 is 0.533 bits per heavy atom. The molecule has 0 fully saturated rings. The summed E-state index contributed by atoms with van der Waals surface area (Å²) in [6, 6.07) is 22.1. The molecule has 0 saturated heterocycles. The highest BCUT2D eigenvalue weighted by molar-refractivity contribution is 6.30. The van der Waals surface area contributed by atoms with Crippen molar-refractivity contribution in [1.29, 1.82) is 0 Å². The molecule has 4 aliphatic heterocycles. The molecule has 0 N–H and O–H groups in total. The van der Waals surface area contributed by atoms with Gasteiger partial charge in [-0.1, -0.05) is 48.5 Å². The Kier molecular flexibility index (Phi) is 5.07. The number of carbonyl (C=O) groups is 8. The third-order valence-electron chi connectivity index (χ3n) is 8.38. The lowest BCUT2D eigenvalue weighted by atomic mass is 10.1. The third kappa shape index (κ3) is 2.99. The van der Waals surface area contributed by atoms with E-state index in [0.29, 0.717) is 19.6 Å². The highest BCUT2D eigenvalue weighted by Gasteiger charge is 2.72. The Bertz CT molecular complexity index is 1720. The fourth-order valence-corrected chi connectivity index (χ4v) is 6.45. The van der Waals surface area contributed by atoms with E-state index in [1.165, 1.54) is 97.1 Å². The molecule has 12 heteroatoms. The van der Waals surface area contributed by atoms with Gasteiger partial charge in [0.15, 0.2) is 0 Å². The average molecular weight is 597 g/mol. The van der Waals surface area contributed by atoms with Gasteiger partial charge in [-0.2, -0.15) is 0 Å². The second kappa shape index (κ2) is 8.74. The van der Waals surface area contributed by atoms with Crippen LogP contribution in [-0.4, -0.2) is 72.8 Å². The van der Waals surface area contributed by atoms with Crippen molar-refractivity contribution in [3.05, 3.63) is 142 Å². The third-order valence-corrected chi connectivity index (χ3v) is 8.38. The van der Waals surface area contributed by atoms with Gasteiger partial charge in [0.2, 0.25) is 0 Å². The second-order valence-corrected chi connectivity index (χ2v) is 10.6. The molecule has 0 spiro atoms. The Balaban J connectivity index is 1.51. The maximum Gasteiger partial charge on any atom is 0.315 e. The van der Waals surface area contributed by atoms with Crippen LogP contribution in [0.25, 0.3) is 0 Å². The smallest absolute Gasteiger partial charge is 0.268 e. The Morgan fingerprint density at radius 2 is 0.400 bits per heavy atom. The van der Waals surface area contributed by atoms with Gasteiger partial charge < -0.3 is 0 Å². The fraction of sp³-hybridized carbons (Fsp3) is 0.0303. The van der Waals surface area contributed by atoms with Crippen LogP contribution >= 0.6 is 0 Å². The first kappa shape index (κ1) is 26.1. The first-order chi connectivity index (χ1) is 21.7. The number of fused-ring (bicyclic) bond motifs is 4. The van der Waals surface area contributed by atoms with Gasteiger partial charge in [-0.05, 0) is 48.5 Å². The summed E-state index contributed by atoms with van der Waals surface area (Å²) in [4.78, 5) is 116. The highest BCUT2D eigenvalue weighted by Crippen LogP contribution is 2.46. The molecular weight excluding hydrogens is 580 g/mol. The lowest BCUT2D eigenvalue weighted by Gasteiger charge is -2.52. The molecule has 4 aromatic carbocycles. The molecule has 0 unspecified atom stereocenters. The van der Waals surface area contributed by atoms with Crippen LogP contribution in [0.5, 0.6) is 0 Å². The van der Waals surface area contributed by atoms with Crippen molar-refractivity contribution < 1.29 is 38.4 Å². The molecule has 216 valence electrons. The lowest BCUT2D eigenvalue weighted by Crippen LogP contribution is -2.81. The summed E-state index contributed by atoms with van der Waals surface area (Å²) in [5.41, 5.74) is -1.58. The Labute approximate surface area is 252 Å². The molecule has 0 radical (unpaired) electrons. The maximum absolute atomic E-state index is 14.3. The summed E-state index contributed by atoms with van der Waals surface area (Å²) < 4.78 is 0. The van der Waals surface area contributed by atoms with Crippen molar-refractivity contribution in [3.63, 3.8) is 0 Å². The summed E-state index contributed by atoms with van der Waals surface area (Å²) in [5.74, 6) is -12.6. The van der Waals surface area contributed by atoms with E-state index in [1.54, 1.807) is 0 Å². The minimum absolute atomic E-state index is 0.197. The van der Waals surface area contributed by atoms with Gasteiger partial charge in [0, 0.05) is 0 Å². The molecule has 0 bridgehead atoms. The number of hydrogen-bond donors (Lipinski definition) is 0. The van der Waals surface area contributed by atoms with Crippen LogP contribution in [0.3, 0.4) is 0 Å². The molecule has 0 atom stereocenters. The van der Waals surface area contributed by atoms with Crippen LogP contribution in [0, 0.1) is 0 Å². The Morgan fingerprint density at radius 1 is 0.267 bits per heavy atom. The minimum Gasteiger partial charge on any atom is -0.268 e. The molecule has 4 aliphatic rings. The molecule has 8 amide bonds. The van der Waals surface area contributed by atoms with E-state index < -0.39 is 53.2 Å². The molecule has 8 rings (SSSR count). The molecule has 0 aromatic heterocycles. The van der Waals surface area contributed by atoms with Gasteiger partial charge in [-0.25, -0.2) is 19.6 Å². The van der Waals surface area contributed by atoms with Crippen molar-refractivity contribution >= 4 is 47.3 Å². The molecule has 4 aromatic rings. The predicted molar refractivity (Wildman–Crippen MR) is 150 cm³/mol. The fourth-order valence-electron chi connectivity index (χ4n) is 6.45. The van der Waals surface area contributed by atoms with E-state index in [9.17, 15) is 38.4 Å². The van der Waals surface area contributed by atoms with E-state index in [4.69, 9.17) is 0 Å². The summed E-state index contributed by atoms with van der Waals surface area (Å²) in [6.07, 6.45) is 0. The first-order valence-corrected chi connectivity index (χ1v) is 13.6. The number of benzene rings is 4. The van der Waals surface area contributed by atoms with E-state index >= 15 is 0 Å². The molecule has 45 heavy (non-hydrogen) atoms. The van der Waals surface area contributed by atoms with Gasteiger partial charge in [0.05, 0.1) is 44.5 Å². The van der Waals surface area contributed by atoms with E-state index in [2.05, 4.69) is 0 Å². The number of carbonyl (C=O) groups excluding carboxylic acids is 8. The van der Waals surface area contributed by atoms with Gasteiger partial charge in [0.1, 0.15) is 0 Å². The van der Waals surface area contributed by atoms with Crippen LogP contribution in [-0.2, 0) is 0 Å². The van der Waals surface area contributed by atoms with Crippen LogP contribution in [0.1, 0.15) is 82.9 Å². The van der Waals surface area contributed by atoms with Gasteiger partial charge in [-0.3, -0.25) is 38.4 Å². The summed E-state index contributed by atoms with van der Waals surface area (Å²) >= 11 is 0. The molecule has 0 saturated carbocycles. The van der Waals surface area contributed by atoms with Crippen LogP contribution in [0.2, 0.25) is 0 Å². The van der Waals surface area contributed by atoms with E-state index in [1.807, 2.05) is 0 Å². The van der Waals surface area contributed by atoms with Gasteiger partial charge in [0.25, 0.3) is 47.3 Å². The normalized spacial score (nSPS) is 17.1. The minimum atomic E-state index is -3.36. The number of amides is 8. The largest absolute Gasteiger partial charge is 0.315 e. The van der Waals surface area contributed by atoms with Crippen molar-refractivity contribution in [1.82, 2.24) is 19.6 Å². The standard InChI is InChI=1S/C33H16N4O8/c38-25-17-9-1-2-10-18(17)26(39)34(25)33(35-27(40)19-11-3-4-12-20(19)28(35)41,36-29(42)21-13-5-6-14-22(21)30(36)43)37-31(44)23-15-7-8-16-24(23)32(37)45/h1-16H. The van der Waals surface area contributed by atoms with Crippen LogP contribution < -0.4 is 0 Å². The van der Waals surface area contributed by atoms with E-state index in [-0.39, 0.29) is 44.5 Å². The van der Waals surface area contributed by atoms with Gasteiger partial charge in [-0.15, -0.1) is 0 Å². The van der Waals surface area contributed by atoms with Crippen molar-refractivity contribution in [2.45, 2.75) is 5.91 Å². The number of hydrogen-bond acceptors (Lipinski definition) is 8. The van der Waals surface area contributed by atoms with E-state index in [0.717, 1.165) is 0 Å². The van der Waals surface area contributed by atoms with Crippen LogP contribution in [0.15, 0.2) is 97.1 Å². The van der Waals surface area contributed by atoms with Gasteiger partial charge >= 0.3 is 5.91 Å². The number of rotatable bonds is 4. The molecule has 12 nitrogen and oxygen atoms in total. The average Bonchev–Trinajstić information content (AvgIpc) is 3.68. The second-order valence-electron chi connectivity index (χ2n) is 10.6. The van der Waals surface area contributed by atoms with Crippen LogP contribution in [0.4, 0.5) is 0 Å². The van der Waals surface area contributed by atoms with Crippen molar-refractivity contribution in [2.75, 3.05) is 0 Å². The number of nitrogens with zero attached hydrogens (tertiary/aromatic N) is 4. The molecule has 4 heterocycles. The van der Waals surface area contributed by atoms with Crippen molar-refractivity contribution in [3.8, 4) is 0 Å². The zero-order chi connectivity index (χ0) is 31.4. The monoisotopic (exact) mass is 596 g/mol. The predicted octanol–water partition coefficient (Wildman–Crippen LogP) is 2.78. The first-order valence-electron chi connectivity index (χ1n) is 13.6. The van der Waals surface area contributed by atoms with Crippen molar-refractivity contribution in [2.24, 2.45) is 0 Å². The lowest BCUT2D eigenvalue weighted by molar-refractivity contribution is -0.128. The highest BCUT2D eigenvalue weighted by atomic mass is 16.2. The topological polar surface area (TPSA) is 150 Å². The zero-order valence-electron chi connectivity index (χ0n) is 22.8. The summed E-state index contributed by atoms with van der Waals surface area (Å²) in [5, 5.41) is 0. The Hall–Kier alpha value is -6.56. The maximum atomic E-state index is 14.3. The summed E-state index contributed by atoms with van der Waals surface area (Å²) in [7, 11) is 0. The summed E-state index contributed by atoms with van der Waals surface area (Å²) in [6.45, 7) is 0. The quantitative estimate of drug-likeness (QED) is 0.327. The molecule has 0 aliphatic carbocycles.